The highest BCUT2D eigenvalue weighted by Crippen LogP contribution is 2.07. The van der Waals surface area contributed by atoms with E-state index >= 15 is 0 Å². The van der Waals surface area contributed by atoms with E-state index in [-0.39, 0.29) is 12.5 Å². The van der Waals surface area contributed by atoms with Crippen LogP contribution in [-0.4, -0.2) is 30.4 Å². The summed E-state index contributed by atoms with van der Waals surface area (Å²) in [4.78, 5) is 34.7. The molecule has 1 atom stereocenters. The van der Waals surface area contributed by atoms with Gasteiger partial charge >= 0.3 is 5.97 Å². The fourth-order valence-electron chi connectivity index (χ4n) is 1.86. The number of primary amides is 1. The third kappa shape index (κ3) is 5.94. The average molecular weight is 318 g/mol. The number of nitrogens with two attached hydrogens (primary N) is 1. The second-order valence-corrected chi connectivity index (χ2v) is 5.30. The minimum Gasteiger partial charge on any atom is -0.464 e. The molecule has 2 amide bonds. The van der Waals surface area contributed by atoms with Gasteiger partial charge in [0.05, 0.1) is 6.61 Å². The van der Waals surface area contributed by atoms with Gasteiger partial charge in [0.2, 0.25) is 11.8 Å². The number of nitrogens with one attached hydrogen (secondary N) is 1. The molecule has 0 aliphatic rings. The Morgan fingerprint density at radius 2 is 1.83 bits per heavy atom. The van der Waals surface area contributed by atoms with Gasteiger partial charge < -0.3 is 15.8 Å². The number of carbonyl (C=O) groups is 3. The van der Waals surface area contributed by atoms with E-state index in [1.807, 2.05) is 13.8 Å². The first-order valence-corrected chi connectivity index (χ1v) is 7.40. The summed E-state index contributed by atoms with van der Waals surface area (Å²) >= 11 is 0. The first-order chi connectivity index (χ1) is 10.8. The Morgan fingerprint density at radius 1 is 1.22 bits per heavy atom. The predicted molar refractivity (Wildman–Crippen MR) is 87.4 cm³/mol. The van der Waals surface area contributed by atoms with Crippen molar-refractivity contribution in [2.75, 3.05) is 6.61 Å². The molecule has 1 aromatic carbocycles. The van der Waals surface area contributed by atoms with Crippen LogP contribution in [0.3, 0.4) is 0 Å². The number of rotatable bonds is 7. The lowest BCUT2D eigenvalue weighted by atomic mass is 10.0. The molecule has 23 heavy (non-hydrogen) atoms. The highest BCUT2D eigenvalue weighted by atomic mass is 16.5. The second kappa shape index (κ2) is 8.73. The standard InChI is InChI=1S/C17H22N2O4/c1-4-23-17(22)15(11(2)3)19-14(20)10-7-12-5-8-13(9-6-12)16(18)21/h5-11,15H,4H2,1-3H3,(H2,18,21)(H,19,20)/b10-7+/t15-/m1/s1. The zero-order valence-corrected chi connectivity index (χ0v) is 13.5. The molecule has 0 aliphatic carbocycles. The molecular formula is C17H22N2O4. The molecule has 0 unspecified atom stereocenters. The topological polar surface area (TPSA) is 98.5 Å². The van der Waals surface area contributed by atoms with Gasteiger partial charge in [0, 0.05) is 11.6 Å². The molecule has 1 rings (SSSR count). The molecule has 0 aliphatic heterocycles. The van der Waals surface area contributed by atoms with Gasteiger partial charge in [-0.05, 0) is 36.6 Å². The second-order valence-electron chi connectivity index (χ2n) is 5.30. The Morgan fingerprint density at radius 3 is 2.30 bits per heavy atom. The van der Waals surface area contributed by atoms with Gasteiger partial charge in [-0.1, -0.05) is 26.0 Å². The Bertz CT molecular complexity index is 591. The van der Waals surface area contributed by atoms with E-state index in [1.165, 1.54) is 6.08 Å². The lowest BCUT2D eigenvalue weighted by Gasteiger charge is -2.19. The van der Waals surface area contributed by atoms with Gasteiger partial charge in [-0.15, -0.1) is 0 Å². The van der Waals surface area contributed by atoms with Crippen LogP contribution in [0.5, 0.6) is 0 Å². The molecule has 0 saturated carbocycles. The summed E-state index contributed by atoms with van der Waals surface area (Å²) in [6.07, 6.45) is 2.91. The quantitative estimate of drug-likeness (QED) is 0.588. The van der Waals surface area contributed by atoms with Crippen molar-refractivity contribution in [3.63, 3.8) is 0 Å². The number of esters is 1. The van der Waals surface area contributed by atoms with Gasteiger partial charge in [-0.3, -0.25) is 9.59 Å². The van der Waals surface area contributed by atoms with Crippen LogP contribution in [0.2, 0.25) is 0 Å². The van der Waals surface area contributed by atoms with Gasteiger partial charge in [0.15, 0.2) is 0 Å². The number of hydrogen-bond acceptors (Lipinski definition) is 4. The van der Waals surface area contributed by atoms with Crippen LogP contribution in [0.1, 0.15) is 36.7 Å². The van der Waals surface area contributed by atoms with Crippen molar-refractivity contribution in [3.8, 4) is 0 Å². The van der Waals surface area contributed by atoms with Gasteiger partial charge in [0.1, 0.15) is 6.04 Å². The van der Waals surface area contributed by atoms with Crippen LogP contribution < -0.4 is 11.1 Å². The molecule has 0 bridgehead atoms. The number of hydrogen-bond donors (Lipinski definition) is 2. The van der Waals surface area contributed by atoms with Crippen LogP contribution in [-0.2, 0) is 14.3 Å². The van der Waals surface area contributed by atoms with Crippen LogP contribution in [0.25, 0.3) is 6.08 Å². The van der Waals surface area contributed by atoms with Crippen molar-refractivity contribution in [1.29, 1.82) is 0 Å². The molecule has 6 nitrogen and oxygen atoms in total. The fourth-order valence-corrected chi connectivity index (χ4v) is 1.86. The zero-order chi connectivity index (χ0) is 17.4. The molecule has 0 spiro atoms. The van der Waals surface area contributed by atoms with Crippen molar-refractivity contribution in [2.24, 2.45) is 11.7 Å². The van der Waals surface area contributed by atoms with E-state index in [4.69, 9.17) is 10.5 Å². The molecule has 6 heteroatoms. The molecule has 0 aromatic heterocycles. The molecule has 0 radical (unpaired) electrons. The summed E-state index contributed by atoms with van der Waals surface area (Å²) in [6.45, 7) is 5.63. The number of amides is 2. The van der Waals surface area contributed by atoms with Gasteiger partial charge in [-0.25, -0.2) is 4.79 Å². The SMILES string of the molecule is CCOC(=O)[C@H](NC(=O)/C=C/c1ccc(C(N)=O)cc1)C(C)C. The summed E-state index contributed by atoms with van der Waals surface area (Å²) in [5.41, 5.74) is 6.29. The van der Waals surface area contributed by atoms with Crippen molar-refractivity contribution in [3.05, 3.63) is 41.5 Å². The molecular weight excluding hydrogens is 296 g/mol. The normalized spacial score (nSPS) is 12.2. The van der Waals surface area contributed by atoms with Crippen LogP contribution >= 0.6 is 0 Å². The maximum Gasteiger partial charge on any atom is 0.328 e. The van der Waals surface area contributed by atoms with Crippen molar-refractivity contribution in [1.82, 2.24) is 5.32 Å². The maximum absolute atomic E-state index is 11.9. The van der Waals surface area contributed by atoms with Crippen molar-refractivity contribution < 1.29 is 19.1 Å². The summed E-state index contributed by atoms with van der Waals surface area (Å²) in [6, 6.07) is 5.82. The number of ether oxygens (including phenoxy) is 1. The smallest absolute Gasteiger partial charge is 0.328 e. The number of benzene rings is 1. The first-order valence-electron chi connectivity index (χ1n) is 7.40. The van der Waals surface area contributed by atoms with Crippen molar-refractivity contribution >= 4 is 23.9 Å². The Labute approximate surface area is 135 Å². The monoisotopic (exact) mass is 318 g/mol. The number of carbonyl (C=O) groups excluding carboxylic acids is 3. The van der Waals surface area contributed by atoms with E-state index in [0.29, 0.717) is 5.56 Å². The van der Waals surface area contributed by atoms with Crippen LogP contribution in [0.4, 0.5) is 0 Å². The lowest BCUT2D eigenvalue weighted by Crippen LogP contribution is -2.44. The maximum atomic E-state index is 11.9. The third-order valence-electron chi connectivity index (χ3n) is 3.13. The van der Waals surface area contributed by atoms with E-state index in [2.05, 4.69) is 5.32 Å². The third-order valence-corrected chi connectivity index (χ3v) is 3.13. The van der Waals surface area contributed by atoms with Crippen molar-refractivity contribution in [2.45, 2.75) is 26.8 Å². The molecule has 0 heterocycles. The fraction of sp³-hybridized carbons (Fsp3) is 0.353. The molecule has 3 N–H and O–H groups in total. The highest BCUT2D eigenvalue weighted by Gasteiger charge is 2.24. The largest absolute Gasteiger partial charge is 0.464 e. The lowest BCUT2D eigenvalue weighted by molar-refractivity contribution is -0.148. The van der Waals surface area contributed by atoms with Crippen LogP contribution in [0, 0.1) is 5.92 Å². The zero-order valence-electron chi connectivity index (χ0n) is 13.5. The summed E-state index contributed by atoms with van der Waals surface area (Å²) in [5.74, 6) is -1.43. The molecule has 124 valence electrons. The Balaban J connectivity index is 2.70. The molecule has 0 fully saturated rings. The van der Waals surface area contributed by atoms with Crippen LogP contribution in [0.15, 0.2) is 30.3 Å². The van der Waals surface area contributed by atoms with Gasteiger partial charge in [0.25, 0.3) is 0 Å². The Kier molecular flexibility index (Phi) is 6.99. The van der Waals surface area contributed by atoms with E-state index in [0.717, 1.165) is 5.56 Å². The summed E-state index contributed by atoms with van der Waals surface area (Å²) < 4.78 is 4.94. The Hall–Kier alpha value is -2.63. The molecule has 1 aromatic rings. The van der Waals surface area contributed by atoms with E-state index in [1.54, 1.807) is 37.3 Å². The summed E-state index contributed by atoms with van der Waals surface area (Å²) in [5, 5.41) is 2.63. The average Bonchev–Trinajstić information content (AvgIpc) is 2.50. The minimum absolute atomic E-state index is 0.0822. The minimum atomic E-state index is -0.690. The summed E-state index contributed by atoms with van der Waals surface area (Å²) in [7, 11) is 0. The van der Waals surface area contributed by atoms with E-state index < -0.39 is 23.8 Å². The predicted octanol–water partition coefficient (Wildman–Crippen LogP) is 1.50. The van der Waals surface area contributed by atoms with E-state index in [9.17, 15) is 14.4 Å². The highest BCUT2D eigenvalue weighted by molar-refractivity contribution is 5.95. The first kappa shape index (κ1) is 18.4. The van der Waals surface area contributed by atoms with Gasteiger partial charge in [-0.2, -0.15) is 0 Å². The molecule has 0 saturated heterocycles.